The van der Waals surface area contributed by atoms with Crippen LogP contribution < -0.4 is 16.2 Å². The number of nitrogens with two attached hydrogens (primary N) is 2. The first-order valence-corrected chi connectivity index (χ1v) is 8.25. The molecule has 2 rings (SSSR count). The van der Waals surface area contributed by atoms with Crippen LogP contribution in [-0.4, -0.2) is 11.9 Å². The first kappa shape index (κ1) is 16.0. The van der Waals surface area contributed by atoms with Crippen molar-refractivity contribution in [3.8, 4) is 5.75 Å². The fourth-order valence-electron chi connectivity index (χ4n) is 1.96. The van der Waals surface area contributed by atoms with Crippen LogP contribution in [0.25, 0.3) is 0 Å². The lowest BCUT2D eigenvalue weighted by Crippen LogP contribution is -2.31. The summed E-state index contributed by atoms with van der Waals surface area (Å²) in [4.78, 5) is 12.5. The topological polar surface area (TPSA) is 78.3 Å². The molecule has 0 fully saturated rings. The molecule has 1 aromatic carbocycles. The van der Waals surface area contributed by atoms with Crippen molar-refractivity contribution in [2.24, 2.45) is 11.5 Å². The van der Waals surface area contributed by atoms with E-state index in [0.29, 0.717) is 11.3 Å². The highest BCUT2D eigenvalue weighted by atomic mass is 79.9. The van der Waals surface area contributed by atoms with Crippen LogP contribution in [-0.2, 0) is 0 Å². The minimum Gasteiger partial charge on any atom is -0.482 e. The number of hydrogen-bond acceptors (Lipinski definition) is 4. The van der Waals surface area contributed by atoms with Crippen molar-refractivity contribution in [3.63, 3.8) is 0 Å². The molecule has 6 heteroatoms. The Labute approximate surface area is 136 Å². The van der Waals surface area contributed by atoms with Crippen molar-refractivity contribution < 1.29 is 9.53 Å². The number of thiophene rings is 1. The number of rotatable bonds is 6. The lowest BCUT2D eigenvalue weighted by Gasteiger charge is -2.24. The summed E-state index contributed by atoms with van der Waals surface area (Å²) in [6.07, 6.45) is 0.450. The molecule has 1 aromatic heterocycles. The van der Waals surface area contributed by atoms with Crippen molar-refractivity contribution >= 4 is 33.2 Å². The van der Waals surface area contributed by atoms with Gasteiger partial charge in [0.15, 0.2) is 0 Å². The molecule has 0 bridgehead atoms. The first-order valence-electron chi connectivity index (χ1n) is 6.58. The fraction of sp³-hybridized carbons (Fsp3) is 0.267. The smallest absolute Gasteiger partial charge is 0.252 e. The number of primary amides is 1. The Kier molecular flexibility index (Phi) is 5.39. The molecular formula is C15H17BrN2O2S. The normalized spacial score (nSPS) is 13.7. The average molecular weight is 369 g/mol. The second kappa shape index (κ2) is 7.06. The van der Waals surface area contributed by atoms with Gasteiger partial charge in [0, 0.05) is 20.8 Å². The van der Waals surface area contributed by atoms with Crippen LogP contribution in [0, 0.1) is 0 Å². The van der Waals surface area contributed by atoms with Crippen molar-refractivity contribution in [2.75, 3.05) is 0 Å². The fourth-order valence-corrected chi connectivity index (χ4v) is 3.51. The van der Waals surface area contributed by atoms with Gasteiger partial charge >= 0.3 is 0 Å². The van der Waals surface area contributed by atoms with Crippen molar-refractivity contribution in [1.82, 2.24) is 0 Å². The van der Waals surface area contributed by atoms with Gasteiger partial charge in [0.2, 0.25) is 0 Å². The Hall–Kier alpha value is -1.37. The van der Waals surface area contributed by atoms with Crippen LogP contribution in [0.5, 0.6) is 5.75 Å². The Morgan fingerprint density at radius 2 is 2.14 bits per heavy atom. The second-order valence-corrected chi connectivity index (χ2v) is 6.50. The molecular weight excluding hydrogens is 352 g/mol. The molecule has 2 unspecified atom stereocenters. The molecule has 1 heterocycles. The van der Waals surface area contributed by atoms with E-state index in [9.17, 15) is 4.79 Å². The molecule has 1 amide bonds. The van der Waals surface area contributed by atoms with Gasteiger partial charge in [-0.25, -0.2) is 0 Å². The summed E-state index contributed by atoms with van der Waals surface area (Å²) in [5.41, 5.74) is 11.9. The van der Waals surface area contributed by atoms with Crippen molar-refractivity contribution in [2.45, 2.75) is 25.5 Å². The molecule has 21 heavy (non-hydrogen) atoms. The average Bonchev–Trinajstić information content (AvgIpc) is 2.90. The monoisotopic (exact) mass is 368 g/mol. The van der Waals surface area contributed by atoms with Gasteiger partial charge in [-0.1, -0.05) is 19.1 Å². The van der Waals surface area contributed by atoms with E-state index in [1.54, 1.807) is 35.6 Å². The van der Waals surface area contributed by atoms with Crippen LogP contribution in [0.15, 0.2) is 40.2 Å². The van der Waals surface area contributed by atoms with Gasteiger partial charge in [-0.05, 0) is 40.5 Å². The maximum absolute atomic E-state index is 11.5. The quantitative estimate of drug-likeness (QED) is 0.819. The number of hydrogen-bond donors (Lipinski definition) is 2. The summed E-state index contributed by atoms with van der Waals surface area (Å²) < 4.78 is 7.01. The second-order valence-electron chi connectivity index (χ2n) is 4.64. The molecule has 0 aliphatic carbocycles. The summed E-state index contributed by atoms with van der Waals surface area (Å²) in [5, 5.41) is 1.98. The van der Waals surface area contributed by atoms with Gasteiger partial charge in [0.1, 0.15) is 11.9 Å². The summed E-state index contributed by atoms with van der Waals surface area (Å²) in [6.45, 7) is 2.00. The summed E-state index contributed by atoms with van der Waals surface area (Å²) >= 11 is 5.00. The SMILES string of the molecule is CCC(N)C(Oc1ccccc1C(N)=O)c1cc(Br)cs1. The van der Waals surface area contributed by atoms with Gasteiger partial charge in [0.05, 0.1) is 5.56 Å². The summed E-state index contributed by atoms with van der Waals surface area (Å²) in [7, 11) is 0. The third-order valence-electron chi connectivity index (χ3n) is 3.13. The number of benzene rings is 1. The minimum atomic E-state index is -0.512. The van der Waals surface area contributed by atoms with E-state index in [2.05, 4.69) is 15.9 Å². The van der Waals surface area contributed by atoms with Gasteiger partial charge in [-0.15, -0.1) is 11.3 Å². The summed E-state index contributed by atoms with van der Waals surface area (Å²) in [5.74, 6) is -0.0507. The predicted molar refractivity (Wildman–Crippen MR) is 88.6 cm³/mol. The number of para-hydroxylation sites is 1. The van der Waals surface area contributed by atoms with Crippen molar-refractivity contribution in [3.05, 3.63) is 50.6 Å². The zero-order valence-corrected chi connectivity index (χ0v) is 14.0. The van der Waals surface area contributed by atoms with Gasteiger partial charge < -0.3 is 16.2 Å². The predicted octanol–water partition coefficient (Wildman–Crippen LogP) is 3.47. The molecule has 2 aromatic rings. The molecule has 0 spiro atoms. The van der Waals surface area contributed by atoms with Crippen LogP contribution in [0.4, 0.5) is 0 Å². The first-order chi connectivity index (χ1) is 10.0. The lowest BCUT2D eigenvalue weighted by atomic mass is 10.1. The largest absolute Gasteiger partial charge is 0.482 e. The van der Waals surface area contributed by atoms with Crippen LogP contribution in [0.3, 0.4) is 0 Å². The third kappa shape index (κ3) is 3.84. The van der Waals surface area contributed by atoms with E-state index in [1.165, 1.54) is 0 Å². The molecule has 0 radical (unpaired) electrons. The molecule has 2 atom stereocenters. The number of ether oxygens (including phenoxy) is 1. The van der Waals surface area contributed by atoms with Gasteiger partial charge in [0.25, 0.3) is 5.91 Å². The Bertz CT molecular complexity index is 630. The van der Waals surface area contributed by atoms with Crippen molar-refractivity contribution in [1.29, 1.82) is 0 Å². The molecule has 0 aliphatic rings. The van der Waals surface area contributed by atoms with E-state index in [1.807, 2.05) is 18.4 Å². The van der Waals surface area contributed by atoms with E-state index < -0.39 is 5.91 Å². The van der Waals surface area contributed by atoms with E-state index in [4.69, 9.17) is 16.2 Å². The number of amides is 1. The zero-order valence-electron chi connectivity index (χ0n) is 11.6. The highest BCUT2D eigenvalue weighted by Gasteiger charge is 2.24. The standard InChI is InChI=1S/C15H17BrN2O2S/c1-2-11(17)14(13-7-9(16)8-21-13)20-12-6-4-3-5-10(12)15(18)19/h3-8,11,14H,2,17H2,1H3,(H2,18,19). The maximum atomic E-state index is 11.5. The number of halogens is 1. The maximum Gasteiger partial charge on any atom is 0.252 e. The highest BCUT2D eigenvalue weighted by molar-refractivity contribution is 9.10. The molecule has 4 nitrogen and oxygen atoms in total. The molecule has 0 saturated heterocycles. The summed E-state index contributed by atoms with van der Waals surface area (Å²) in [6, 6.07) is 8.76. The Morgan fingerprint density at radius 3 is 2.71 bits per heavy atom. The molecule has 0 saturated carbocycles. The Morgan fingerprint density at radius 1 is 1.43 bits per heavy atom. The highest BCUT2D eigenvalue weighted by Crippen LogP contribution is 2.33. The minimum absolute atomic E-state index is 0.170. The van der Waals surface area contributed by atoms with Crippen LogP contribution in [0.2, 0.25) is 0 Å². The van der Waals surface area contributed by atoms with E-state index in [-0.39, 0.29) is 12.1 Å². The molecule has 0 aliphatic heterocycles. The lowest BCUT2D eigenvalue weighted by molar-refractivity contribution is 0.0990. The van der Waals surface area contributed by atoms with E-state index >= 15 is 0 Å². The van der Waals surface area contributed by atoms with Gasteiger partial charge in [-0.3, -0.25) is 4.79 Å². The van der Waals surface area contributed by atoms with Crippen LogP contribution in [0.1, 0.15) is 34.7 Å². The molecule has 112 valence electrons. The third-order valence-corrected chi connectivity index (χ3v) is 4.89. The molecule has 4 N–H and O–H groups in total. The van der Waals surface area contributed by atoms with Crippen LogP contribution >= 0.6 is 27.3 Å². The van der Waals surface area contributed by atoms with Gasteiger partial charge in [-0.2, -0.15) is 0 Å². The Balaban J connectivity index is 2.34. The number of carbonyl (C=O) groups is 1. The number of carbonyl (C=O) groups excluding carboxylic acids is 1. The van der Waals surface area contributed by atoms with E-state index in [0.717, 1.165) is 15.8 Å². The zero-order chi connectivity index (χ0) is 15.4.